The van der Waals surface area contributed by atoms with Gasteiger partial charge in [-0.05, 0) is 30.3 Å². The number of anilines is 3. The molecule has 3 aromatic rings. The Morgan fingerprint density at radius 3 is 2.68 bits per heavy atom. The molecular weight excluding hydrogens is 367 g/mol. The minimum atomic E-state index is -0.827. The lowest BCUT2D eigenvalue weighted by atomic mass is 10.1. The third-order valence-corrected chi connectivity index (χ3v) is 3.84. The summed E-state index contributed by atoms with van der Waals surface area (Å²) in [7, 11) is 2.84. The third kappa shape index (κ3) is 3.61. The van der Waals surface area contributed by atoms with Gasteiger partial charge in [0.1, 0.15) is 17.1 Å². The molecule has 0 radical (unpaired) electrons. The molecule has 10 heteroatoms. The molecule has 0 atom stereocenters. The van der Waals surface area contributed by atoms with Crippen LogP contribution in [0.1, 0.15) is 20.7 Å². The zero-order valence-electron chi connectivity index (χ0n) is 15.1. The van der Waals surface area contributed by atoms with Gasteiger partial charge in [0.2, 0.25) is 11.9 Å². The Hall–Kier alpha value is -3.95. The fourth-order valence-corrected chi connectivity index (χ4v) is 2.53. The Kier molecular flexibility index (Phi) is 5.21. The van der Waals surface area contributed by atoms with Crippen LogP contribution in [-0.4, -0.2) is 40.7 Å². The highest BCUT2D eigenvalue weighted by Gasteiger charge is 2.23. The van der Waals surface area contributed by atoms with Crippen molar-refractivity contribution in [2.45, 2.75) is 0 Å². The molecule has 1 heterocycles. The first-order chi connectivity index (χ1) is 13.4. The molecule has 0 unspecified atom stereocenters. The van der Waals surface area contributed by atoms with Crippen LogP contribution in [0.5, 0.6) is 5.75 Å². The largest absolute Gasteiger partial charge is 0.496 e. The lowest BCUT2D eigenvalue weighted by Gasteiger charge is -2.08. The van der Waals surface area contributed by atoms with Crippen LogP contribution in [0.2, 0.25) is 0 Å². The Balaban J connectivity index is 1.90. The molecule has 28 heavy (non-hydrogen) atoms. The molecule has 0 spiro atoms. The van der Waals surface area contributed by atoms with Crippen LogP contribution in [0, 0.1) is 5.82 Å². The van der Waals surface area contributed by atoms with Crippen molar-refractivity contribution in [3.05, 3.63) is 59.4 Å². The highest BCUT2D eigenvalue weighted by molar-refractivity contribution is 5.99. The highest BCUT2D eigenvalue weighted by Crippen LogP contribution is 2.24. The first kappa shape index (κ1) is 18.8. The maximum atomic E-state index is 14.2. The van der Waals surface area contributed by atoms with Crippen LogP contribution in [0.15, 0.2) is 42.5 Å². The van der Waals surface area contributed by atoms with E-state index in [0.717, 1.165) is 10.7 Å². The number of nitrogens with two attached hydrogens (primary N) is 1. The van der Waals surface area contributed by atoms with Crippen molar-refractivity contribution in [2.24, 2.45) is 0 Å². The number of benzene rings is 2. The smallest absolute Gasteiger partial charge is 0.288 e. The second-order valence-corrected chi connectivity index (χ2v) is 5.61. The van der Waals surface area contributed by atoms with E-state index in [1.54, 1.807) is 24.3 Å². The number of carbonyl (C=O) groups excluding carboxylic acids is 2. The molecule has 1 aromatic heterocycles. The van der Waals surface area contributed by atoms with E-state index in [4.69, 9.17) is 10.5 Å². The summed E-state index contributed by atoms with van der Waals surface area (Å²) in [4.78, 5) is 28.4. The maximum absolute atomic E-state index is 14.2. The lowest BCUT2D eigenvalue weighted by Crippen LogP contribution is -2.19. The quantitative estimate of drug-likeness (QED) is 0.613. The van der Waals surface area contributed by atoms with Crippen molar-refractivity contribution >= 4 is 29.4 Å². The number of aromatic nitrogens is 3. The van der Waals surface area contributed by atoms with Gasteiger partial charge in [0.05, 0.1) is 7.11 Å². The monoisotopic (exact) mass is 384 g/mol. The fraction of sp³-hybridized carbons (Fsp3) is 0.111. The Morgan fingerprint density at radius 1 is 1.21 bits per heavy atom. The standard InChI is InChI=1S/C18H17FN6O3/c1-21-15(26)10-5-3-6-11(9-10)22-18-23-17(20)25(24-18)16(27)14-12(19)7-4-8-13(14)28-2/h3-9H,1-2H3,(H,21,26)(H3,20,22,23,24). The lowest BCUT2D eigenvalue weighted by molar-refractivity contribution is 0.0938. The van der Waals surface area contributed by atoms with E-state index in [0.29, 0.717) is 11.3 Å². The minimum Gasteiger partial charge on any atom is -0.496 e. The SMILES string of the molecule is CNC(=O)c1cccc(Nc2nc(N)n(C(=O)c3c(F)cccc3OC)n2)c1. The van der Waals surface area contributed by atoms with E-state index in [1.165, 1.54) is 26.3 Å². The summed E-state index contributed by atoms with van der Waals surface area (Å²) >= 11 is 0. The van der Waals surface area contributed by atoms with Crippen LogP contribution in [-0.2, 0) is 0 Å². The van der Waals surface area contributed by atoms with Gasteiger partial charge in [0, 0.05) is 18.3 Å². The maximum Gasteiger partial charge on any atom is 0.288 e. The van der Waals surface area contributed by atoms with Gasteiger partial charge in [-0.3, -0.25) is 9.59 Å². The van der Waals surface area contributed by atoms with Gasteiger partial charge < -0.3 is 21.1 Å². The van der Waals surface area contributed by atoms with E-state index < -0.39 is 11.7 Å². The van der Waals surface area contributed by atoms with E-state index in [2.05, 4.69) is 20.7 Å². The molecule has 4 N–H and O–H groups in total. The zero-order valence-corrected chi connectivity index (χ0v) is 15.1. The second-order valence-electron chi connectivity index (χ2n) is 5.61. The number of nitrogens with one attached hydrogen (secondary N) is 2. The van der Waals surface area contributed by atoms with Crippen molar-refractivity contribution in [1.82, 2.24) is 20.1 Å². The van der Waals surface area contributed by atoms with Crippen LogP contribution in [0.25, 0.3) is 0 Å². The van der Waals surface area contributed by atoms with Gasteiger partial charge in [-0.15, -0.1) is 5.10 Å². The molecular formula is C18H17FN6O3. The topological polar surface area (TPSA) is 124 Å². The van der Waals surface area contributed by atoms with Crippen LogP contribution in [0.4, 0.5) is 22.0 Å². The minimum absolute atomic E-state index is 0.00946. The van der Waals surface area contributed by atoms with Crippen LogP contribution >= 0.6 is 0 Å². The van der Waals surface area contributed by atoms with Crippen molar-refractivity contribution < 1.29 is 18.7 Å². The average molecular weight is 384 g/mol. The molecule has 0 aliphatic rings. The molecule has 2 aromatic carbocycles. The summed E-state index contributed by atoms with van der Waals surface area (Å²) in [6.45, 7) is 0. The van der Waals surface area contributed by atoms with Gasteiger partial charge in [0.15, 0.2) is 0 Å². The van der Waals surface area contributed by atoms with Crippen molar-refractivity contribution in [2.75, 3.05) is 25.2 Å². The molecule has 0 aliphatic carbocycles. The van der Waals surface area contributed by atoms with E-state index in [9.17, 15) is 14.0 Å². The summed E-state index contributed by atoms with van der Waals surface area (Å²) in [5, 5.41) is 9.36. The van der Waals surface area contributed by atoms with Gasteiger partial charge in [0.25, 0.3) is 11.8 Å². The fourth-order valence-electron chi connectivity index (χ4n) is 2.53. The van der Waals surface area contributed by atoms with E-state index in [-0.39, 0.29) is 29.1 Å². The molecule has 1 amide bonds. The molecule has 0 saturated heterocycles. The van der Waals surface area contributed by atoms with Gasteiger partial charge in [-0.1, -0.05) is 12.1 Å². The Morgan fingerprint density at radius 2 is 1.96 bits per heavy atom. The number of amides is 1. The summed E-state index contributed by atoms with van der Waals surface area (Å²) in [6, 6.07) is 10.6. The number of nitrogen functional groups attached to an aromatic ring is 1. The predicted molar refractivity (Wildman–Crippen MR) is 100 cm³/mol. The summed E-state index contributed by atoms with van der Waals surface area (Å²) in [6.07, 6.45) is 0. The normalized spacial score (nSPS) is 10.4. The molecule has 9 nitrogen and oxygen atoms in total. The second kappa shape index (κ2) is 7.74. The Labute approximate surface area is 159 Å². The third-order valence-electron chi connectivity index (χ3n) is 3.84. The average Bonchev–Trinajstić information content (AvgIpc) is 3.06. The van der Waals surface area contributed by atoms with Crippen LogP contribution < -0.4 is 21.1 Å². The summed E-state index contributed by atoms with van der Waals surface area (Å²) in [5.41, 5.74) is 6.40. The molecule has 0 aliphatic heterocycles. The number of carbonyl (C=O) groups is 2. The Bertz CT molecular complexity index is 1050. The van der Waals surface area contributed by atoms with Crippen molar-refractivity contribution in [1.29, 1.82) is 0 Å². The number of ether oxygens (including phenoxy) is 1. The van der Waals surface area contributed by atoms with E-state index in [1.807, 2.05) is 0 Å². The van der Waals surface area contributed by atoms with Gasteiger partial charge >= 0.3 is 0 Å². The van der Waals surface area contributed by atoms with Crippen molar-refractivity contribution in [3.8, 4) is 5.75 Å². The number of hydrogen-bond donors (Lipinski definition) is 3. The first-order valence-corrected chi connectivity index (χ1v) is 8.13. The highest BCUT2D eigenvalue weighted by atomic mass is 19.1. The van der Waals surface area contributed by atoms with Crippen molar-refractivity contribution in [3.63, 3.8) is 0 Å². The molecule has 3 rings (SSSR count). The number of methoxy groups -OCH3 is 1. The molecule has 0 bridgehead atoms. The number of nitrogens with zero attached hydrogens (tertiary/aromatic N) is 3. The number of rotatable bonds is 5. The molecule has 144 valence electrons. The zero-order chi connectivity index (χ0) is 20.3. The van der Waals surface area contributed by atoms with Gasteiger partial charge in [-0.2, -0.15) is 9.67 Å². The molecule has 0 saturated carbocycles. The van der Waals surface area contributed by atoms with Gasteiger partial charge in [-0.25, -0.2) is 4.39 Å². The first-order valence-electron chi connectivity index (χ1n) is 8.13. The summed E-state index contributed by atoms with van der Waals surface area (Å²) < 4.78 is 20.0. The van der Waals surface area contributed by atoms with E-state index >= 15 is 0 Å². The summed E-state index contributed by atoms with van der Waals surface area (Å²) in [5.74, 6) is -2.04. The molecule has 0 fully saturated rings. The number of halogens is 1. The predicted octanol–water partition coefficient (Wildman–Crippen LogP) is 1.80. The number of hydrogen-bond acceptors (Lipinski definition) is 7. The van der Waals surface area contributed by atoms with Crippen LogP contribution in [0.3, 0.4) is 0 Å².